The van der Waals surface area contributed by atoms with Crippen molar-refractivity contribution in [1.29, 1.82) is 0 Å². The Balaban J connectivity index is 2.37. The van der Waals surface area contributed by atoms with Crippen molar-refractivity contribution >= 4 is 0 Å². The van der Waals surface area contributed by atoms with Gasteiger partial charge in [0, 0.05) is 5.01 Å². The second-order valence-electron chi connectivity index (χ2n) is 2.71. The minimum atomic E-state index is 0.573. The molecule has 1 aromatic heterocycles. The van der Waals surface area contributed by atoms with Crippen LogP contribution in [0.1, 0.15) is 5.56 Å². The minimum absolute atomic E-state index is 0.573. The normalized spacial score (nSPS) is 9.14. The van der Waals surface area contributed by atoms with E-state index in [1.165, 1.54) is 6.20 Å². The molecular formula is C10H7N3O. The number of benzene rings is 1. The third-order valence-corrected chi connectivity index (χ3v) is 1.78. The molecule has 0 amide bonds. The summed E-state index contributed by atoms with van der Waals surface area (Å²) in [5.74, 6) is 0. The summed E-state index contributed by atoms with van der Waals surface area (Å²) in [6.45, 7) is 0. The molecule has 1 aromatic carbocycles. The van der Waals surface area contributed by atoms with Gasteiger partial charge in [0.25, 0.3) is 0 Å². The Labute approximate surface area is 80.8 Å². The van der Waals surface area contributed by atoms with Crippen LogP contribution in [0.4, 0.5) is 0 Å². The van der Waals surface area contributed by atoms with Crippen LogP contribution < -0.4 is 0 Å². The highest BCUT2D eigenvalue weighted by molar-refractivity contribution is 5.34. The summed E-state index contributed by atoms with van der Waals surface area (Å²) in [4.78, 5) is 0. The Morgan fingerprint density at radius 3 is 2.79 bits per heavy atom. The first-order chi connectivity index (χ1) is 6.90. The van der Waals surface area contributed by atoms with Gasteiger partial charge in [-0.05, 0) is 12.1 Å². The molecule has 0 atom stereocenters. The van der Waals surface area contributed by atoms with Crippen LogP contribution in [0.2, 0.25) is 0 Å². The topological polar surface area (TPSA) is 45.2 Å². The highest BCUT2D eigenvalue weighted by Gasteiger charge is 2.01. The zero-order chi connectivity index (χ0) is 9.80. The summed E-state index contributed by atoms with van der Waals surface area (Å²) in [6, 6.07) is 11.9. The lowest BCUT2D eigenvalue weighted by Gasteiger charge is -1.97. The lowest BCUT2D eigenvalue weighted by atomic mass is 10.3. The summed E-state index contributed by atoms with van der Waals surface area (Å²) < 4.78 is 1.66. The molecule has 2 rings (SSSR count). The maximum absolute atomic E-state index is 9.92. The Bertz CT molecular complexity index is 479. The van der Waals surface area contributed by atoms with Crippen molar-refractivity contribution < 1.29 is 0 Å². The van der Waals surface area contributed by atoms with Crippen LogP contribution in [-0.4, -0.2) is 9.78 Å². The number of rotatable bonds is 1. The average Bonchev–Trinajstić information content (AvgIpc) is 2.68. The Hall–Kier alpha value is -2.28. The lowest BCUT2D eigenvalue weighted by Crippen LogP contribution is -1.92. The summed E-state index contributed by atoms with van der Waals surface area (Å²) in [5.41, 5.74) is 1.51. The molecule has 4 heteroatoms. The van der Waals surface area contributed by atoms with E-state index in [1.807, 2.05) is 30.3 Å². The molecule has 0 spiro atoms. The number of para-hydroxylation sites is 1. The van der Waals surface area contributed by atoms with E-state index in [2.05, 4.69) is 16.2 Å². The molecule has 4 nitrogen and oxygen atoms in total. The van der Waals surface area contributed by atoms with E-state index in [1.54, 1.807) is 10.9 Å². The zero-order valence-electron chi connectivity index (χ0n) is 7.29. The molecule has 0 radical (unpaired) electrons. The van der Waals surface area contributed by atoms with Crippen LogP contribution in [0.25, 0.3) is 10.7 Å². The van der Waals surface area contributed by atoms with E-state index in [0.717, 1.165) is 5.69 Å². The Morgan fingerprint density at radius 1 is 1.29 bits per heavy atom. The average molecular weight is 185 g/mol. The quantitative estimate of drug-likeness (QED) is 0.638. The van der Waals surface area contributed by atoms with Gasteiger partial charge in [-0.15, -0.1) is 0 Å². The number of aromatic nitrogens is 2. The van der Waals surface area contributed by atoms with Crippen LogP contribution in [0.5, 0.6) is 0 Å². The van der Waals surface area contributed by atoms with Crippen LogP contribution in [0, 0.1) is 11.3 Å². The highest BCUT2D eigenvalue weighted by atomic mass is 16.4. The summed E-state index contributed by atoms with van der Waals surface area (Å²) >= 11 is 0. The number of nitrogens with zero attached hydrogens (tertiary/aromatic N) is 3. The fourth-order valence-corrected chi connectivity index (χ4v) is 1.16. The van der Waals surface area contributed by atoms with Crippen molar-refractivity contribution in [1.82, 2.24) is 9.78 Å². The van der Waals surface area contributed by atoms with Gasteiger partial charge in [0.15, 0.2) is 0 Å². The molecule has 0 saturated heterocycles. The number of hydrogen-bond acceptors (Lipinski definition) is 2. The predicted molar refractivity (Wildman–Crippen MR) is 53.3 cm³/mol. The standard InChI is InChI=1S/C10H7N3O/c14-12-7-9-6-11-13(8-9)10-4-2-1-3-5-10/h1-6,8H. The third-order valence-electron chi connectivity index (χ3n) is 1.78. The molecule has 0 aliphatic rings. The summed E-state index contributed by atoms with van der Waals surface area (Å²) in [7, 11) is 0. The van der Waals surface area contributed by atoms with Gasteiger partial charge >= 0.3 is 6.07 Å². The maximum atomic E-state index is 9.92. The molecule has 0 unspecified atom stereocenters. The van der Waals surface area contributed by atoms with Crippen LogP contribution in [0.15, 0.2) is 42.7 Å². The molecule has 0 aliphatic carbocycles. The van der Waals surface area contributed by atoms with Crippen LogP contribution in [0.3, 0.4) is 0 Å². The SMILES string of the molecule is [O-][N+]#Cc1cnn(-c2ccccc2)c1. The molecule has 68 valence electrons. The lowest BCUT2D eigenvalue weighted by molar-refractivity contribution is 0.880. The minimum Gasteiger partial charge on any atom is -0.498 e. The van der Waals surface area contributed by atoms with E-state index in [4.69, 9.17) is 0 Å². The third kappa shape index (κ3) is 1.57. The monoisotopic (exact) mass is 185 g/mol. The van der Waals surface area contributed by atoms with E-state index in [-0.39, 0.29) is 0 Å². The molecule has 0 saturated carbocycles. The van der Waals surface area contributed by atoms with Crippen LogP contribution >= 0.6 is 0 Å². The van der Waals surface area contributed by atoms with Gasteiger partial charge in [0.2, 0.25) is 0 Å². The fourth-order valence-electron chi connectivity index (χ4n) is 1.16. The molecule has 14 heavy (non-hydrogen) atoms. The Morgan fingerprint density at radius 2 is 2.07 bits per heavy atom. The van der Waals surface area contributed by atoms with Crippen molar-refractivity contribution in [2.75, 3.05) is 0 Å². The van der Waals surface area contributed by atoms with E-state index >= 15 is 0 Å². The van der Waals surface area contributed by atoms with Gasteiger partial charge in [-0.25, -0.2) is 4.68 Å². The predicted octanol–water partition coefficient (Wildman–Crippen LogP) is 2.05. The largest absolute Gasteiger partial charge is 0.498 e. The fraction of sp³-hybridized carbons (Fsp3) is 0. The Kier molecular flexibility index (Phi) is 2.15. The van der Waals surface area contributed by atoms with Gasteiger partial charge in [-0.2, -0.15) is 5.10 Å². The van der Waals surface area contributed by atoms with Crippen molar-refractivity contribution in [3.8, 4) is 11.8 Å². The second-order valence-corrected chi connectivity index (χ2v) is 2.71. The molecule has 2 aromatic rings. The molecule has 0 fully saturated rings. The second kappa shape index (κ2) is 3.62. The van der Waals surface area contributed by atoms with Gasteiger partial charge in [-0.3, -0.25) is 0 Å². The molecule has 0 bridgehead atoms. The van der Waals surface area contributed by atoms with E-state index in [0.29, 0.717) is 5.56 Å². The van der Waals surface area contributed by atoms with Crippen molar-refractivity contribution in [3.05, 3.63) is 58.5 Å². The molecule has 0 N–H and O–H groups in total. The first-order valence-electron chi connectivity index (χ1n) is 4.08. The first-order valence-corrected chi connectivity index (χ1v) is 4.08. The van der Waals surface area contributed by atoms with Crippen LogP contribution in [-0.2, 0) is 0 Å². The summed E-state index contributed by atoms with van der Waals surface area (Å²) in [6.07, 6.45) is 3.23. The maximum Gasteiger partial charge on any atom is 0.339 e. The highest BCUT2D eigenvalue weighted by Crippen LogP contribution is 2.06. The smallest absolute Gasteiger partial charge is 0.339 e. The summed E-state index contributed by atoms with van der Waals surface area (Å²) in [5, 5.41) is 16.5. The van der Waals surface area contributed by atoms with Crippen molar-refractivity contribution in [2.45, 2.75) is 0 Å². The zero-order valence-corrected chi connectivity index (χ0v) is 7.29. The van der Waals surface area contributed by atoms with Crippen molar-refractivity contribution in [3.63, 3.8) is 0 Å². The molecule has 1 heterocycles. The van der Waals surface area contributed by atoms with E-state index in [9.17, 15) is 5.21 Å². The van der Waals surface area contributed by atoms with Gasteiger partial charge < -0.3 is 5.21 Å². The van der Waals surface area contributed by atoms with Crippen molar-refractivity contribution in [2.24, 2.45) is 0 Å². The number of hydrogen-bond donors (Lipinski definition) is 0. The molecular weight excluding hydrogens is 178 g/mol. The van der Waals surface area contributed by atoms with Gasteiger partial charge in [-0.1, -0.05) is 18.2 Å². The molecule has 0 aliphatic heterocycles. The van der Waals surface area contributed by atoms with Gasteiger partial charge in [0.05, 0.1) is 18.1 Å². The van der Waals surface area contributed by atoms with Gasteiger partial charge in [0.1, 0.15) is 5.56 Å². The van der Waals surface area contributed by atoms with E-state index < -0.39 is 0 Å². The first kappa shape index (κ1) is 8.32.